The lowest BCUT2D eigenvalue weighted by molar-refractivity contribution is -0.111. The summed E-state index contributed by atoms with van der Waals surface area (Å²) < 4.78 is 5.71. The normalized spacial score (nSPS) is 10.7. The lowest BCUT2D eigenvalue weighted by Gasteiger charge is -2.01. The van der Waals surface area contributed by atoms with Crippen molar-refractivity contribution < 1.29 is 9.21 Å². The number of amides is 1. The fraction of sp³-hybridized carbons (Fsp3) is 0. The van der Waals surface area contributed by atoms with E-state index in [1.807, 2.05) is 42.5 Å². The van der Waals surface area contributed by atoms with E-state index in [-0.39, 0.29) is 5.91 Å². The third-order valence-corrected chi connectivity index (χ3v) is 2.83. The van der Waals surface area contributed by atoms with Crippen molar-refractivity contribution in [2.45, 2.75) is 0 Å². The predicted octanol–water partition coefficient (Wildman–Crippen LogP) is 3.71. The molecule has 0 aliphatic rings. The van der Waals surface area contributed by atoms with E-state index in [9.17, 15) is 4.79 Å². The van der Waals surface area contributed by atoms with Crippen LogP contribution in [0.4, 0.5) is 5.69 Å². The van der Waals surface area contributed by atoms with Gasteiger partial charge in [-0.2, -0.15) is 0 Å². The standard InChI is InChI=1S/C15H11NO2/c1-2-15(17)16-10-7-8-14-12(9-10)11-5-3-4-6-13(11)18-14/h2-9H,1H2,(H,16,17). The van der Waals surface area contributed by atoms with Crippen molar-refractivity contribution in [3.05, 3.63) is 55.1 Å². The number of carbonyl (C=O) groups excluding carboxylic acids is 1. The second kappa shape index (κ2) is 4.04. The van der Waals surface area contributed by atoms with E-state index in [2.05, 4.69) is 11.9 Å². The van der Waals surface area contributed by atoms with Gasteiger partial charge in [0.15, 0.2) is 0 Å². The van der Waals surface area contributed by atoms with Crippen molar-refractivity contribution in [1.29, 1.82) is 0 Å². The van der Waals surface area contributed by atoms with Crippen LogP contribution in [0.5, 0.6) is 0 Å². The molecule has 0 unspecified atom stereocenters. The lowest BCUT2D eigenvalue weighted by Crippen LogP contribution is -2.06. The largest absolute Gasteiger partial charge is 0.456 e. The Hall–Kier alpha value is -2.55. The van der Waals surface area contributed by atoms with E-state index >= 15 is 0 Å². The Kier molecular flexibility index (Phi) is 2.38. The van der Waals surface area contributed by atoms with Gasteiger partial charge >= 0.3 is 0 Å². The Bertz CT molecular complexity index is 755. The monoisotopic (exact) mass is 237 g/mol. The van der Waals surface area contributed by atoms with E-state index in [4.69, 9.17) is 4.42 Å². The molecule has 1 amide bonds. The molecule has 0 atom stereocenters. The van der Waals surface area contributed by atoms with Crippen LogP contribution >= 0.6 is 0 Å². The van der Waals surface area contributed by atoms with Gasteiger partial charge in [-0.25, -0.2) is 0 Å². The first-order valence-electron chi connectivity index (χ1n) is 5.62. The Morgan fingerprint density at radius 2 is 1.89 bits per heavy atom. The van der Waals surface area contributed by atoms with E-state index in [0.717, 1.165) is 27.6 Å². The fourth-order valence-corrected chi connectivity index (χ4v) is 2.00. The minimum Gasteiger partial charge on any atom is -0.456 e. The number of rotatable bonds is 2. The van der Waals surface area contributed by atoms with Gasteiger partial charge < -0.3 is 9.73 Å². The van der Waals surface area contributed by atoms with Crippen LogP contribution in [-0.2, 0) is 4.79 Å². The van der Waals surface area contributed by atoms with Gasteiger partial charge in [0.05, 0.1) is 0 Å². The molecule has 0 saturated carbocycles. The summed E-state index contributed by atoms with van der Waals surface area (Å²) in [6, 6.07) is 13.4. The third-order valence-electron chi connectivity index (χ3n) is 2.83. The molecule has 0 radical (unpaired) electrons. The minimum atomic E-state index is -0.220. The van der Waals surface area contributed by atoms with Crippen LogP contribution in [0.15, 0.2) is 59.5 Å². The fourth-order valence-electron chi connectivity index (χ4n) is 2.00. The number of anilines is 1. The molecule has 3 rings (SSSR count). The predicted molar refractivity (Wildman–Crippen MR) is 72.5 cm³/mol. The van der Waals surface area contributed by atoms with Gasteiger partial charge in [-0.3, -0.25) is 4.79 Å². The number of carbonyl (C=O) groups is 1. The summed E-state index contributed by atoms with van der Waals surface area (Å²) in [4.78, 5) is 11.3. The summed E-state index contributed by atoms with van der Waals surface area (Å²) in [5.74, 6) is -0.220. The van der Waals surface area contributed by atoms with Crippen molar-refractivity contribution in [3.63, 3.8) is 0 Å². The molecule has 0 aliphatic carbocycles. The summed E-state index contributed by atoms with van der Waals surface area (Å²) in [6.07, 6.45) is 1.25. The molecule has 1 N–H and O–H groups in total. The number of hydrogen-bond donors (Lipinski definition) is 1. The van der Waals surface area contributed by atoms with Crippen molar-refractivity contribution in [3.8, 4) is 0 Å². The van der Waals surface area contributed by atoms with Crippen LogP contribution in [0.3, 0.4) is 0 Å². The van der Waals surface area contributed by atoms with E-state index in [1.165, 1.54) is 6.08 Å². The Labute approximate surface area is 104 Å². The Balaban J connectivity index is 2.18. The molecule has 1 aromatic heterocycles. The van der Waals surface area contributed by atoms with Crippen LogP contribution in [0, 0.1) is 0 Å². The zero-order chi connectivity index (χ0) is 12.5. The van der Waals surface area contributed by atoms with Gasteiger partial charge in [0, 0.05) is 16.5 Å². The average molecular weight is 237 g/mol. The smallest absolute Gasteiger partial charge is 0.247 e. The number of para-hydroxylation sites is 1. The highest BCUT2D eigenvalue weighted by atomic mass is 16.3. The highest BCUT2D eigenvalue weighted by Gasteiger charge is 2.07. The van der Waals surface area contributed by atoms with E-state index in [1.54, 1.807) is 0 Å². The summed E-state index contributed by atoms with van der Waals surface area (Å²) in [5.41, 5.74) is 2.39. The van der Waals surface area contributed by atoms with E-state index in [0.29, 0.717) is 0 Å². The second-order valence-electron chi connectivity index (χ2n) is 4.00. The van der Waals surface area contributed by atoms with Crippen LogP contribution in [0.1, 0.15) is 0 Å². The number of hydrogen-bond acceptors (Lipinski definition) is 2. The number of benzene rings is 2. The molecule has 3 aromatic rings. The topological polar surface area (TPSA) is 42.2 Å². The first-order valence-corrected chi connectivity index (χ1v) is 5.62. The van der Waals surface area contributed by atoms with Crippen LogP contribution in [-0.4, -0.2) is 5.91 Å². The van der Waals surface area contributed by atoms with Gasteiger partial charge in [0.2, 0.25) is 5.91 Å². The zero-order valence-corrected chi connectivity index (χ0v) is 9.64. The molecule has 0 aliphatic heterocycles. The Morgan fingerprint density at radius 1 is 1.11 bits per heavy atom. The summed E-state index contributed by atoms with van der Waals surface area (Å²) in [7, 11) is 0. The molecule has 0 bridgehead atoms. The molecular weight excluding hydrogens is 226 g/mol. The van der Waals surface area contributed by atoms with Crippen LogP contribution in [0.2, 0.25) is 0 Å². The number of furan rings is 1. The molecule has 2 aromatic carbocycles. The molecule has 3 nitrogen and oxygen atoms in total. The van der Waals surface area contributed by atoms with Crippen molar-refractivity contribution in [1.82, 2.24) is 0 Å². The lowest BCUT2D eigenvalue weighted by atomic mass is 10.1. The summed E-state index contributed by atoms with van der Waals surface area (Å²) in [5, 5.41) is 4.78. The van der Waals surface area contributed by atoms with Gasteiger partial charge in [0.25, 0.3) is 0 Å². The summed E-state index contributed by atoms with van der Waals surface area (Å²) >= 11 is 0. The van der Waals surface area contributed by atoms with Crippen molar-refractivity contribution in [2.75, 3.05) is 5.32 Å². The maximum Gasteiger partial charge on any atom is 0.247 e. The third kappa shape index (κ3) is 1.66. The first-order chi connectivity index (χ1) is 8.78. The highest BCUT2D eigenvalue weighted by Crippen LogP contribution is 2.30. The molecule has 0 spiro atoms. The minimum absolute atomic E-state index is 0.220. The molecule has 88 valence electrons. The van der Waals surface area contributed by atoms with Crippen LogP contribution in [0.25, 0.3) is 21.9 Å². The molecule has 18 heavy (non-hydrogen) atoms. The van der Waals surface area contributed by atoms with Crippen LogP contribution < -0.4 is 5.32 Å². The van der Waals surface area contributed by atoms with Crippen molar-refractivity contribution in [2.24, 2.45) is 0 Å². The molecular formula is C15H11NO2. The molecule has 0 fully saturated rings. The molecule has 1 heterocycles. The first kappa shape index (κ1) is 10.6. The number of fused-ring (bicyclic) bond motifs is 3. The second-order valence-corrected chi connectivity index (χ2v) is 4.00. The van der Waals surface area contributed by atoms with Gasteiger partial charge in [-0.05, 0) is 30.3 Å². The quantitative estimate of drug-likeness (QED) is 0.690. The zero-order valence-electron chi connectivity index (χ0n) is 9.64. The maximum absolute atomic E-state index is 11.3. The van der Waals surface area contributed by atoms with Gasteiger partial charge in [-0.15, -0.1) is 0 Å². The SMILES string of the molecule is C=CC(=O)Nc1ccc2oc3ccccc3c2c1. The van der Waals surface area contributed by atoms with E-state index < -0.39 is 0 Å². The summed E-state index contributed by atoms with van der Waals surface area (Å²) in [6.45, 7) is 3.43. The van der Waals surface area contributed by atoms with Gasteiger partial charge in [0.1, 0.15) is 11.2 Å². The Morgan fingerprint density at radius 3 is 2.72 bits per heavy atom. The maximum atomic E-state index is 11.3. The molecule has 0 saturated heterocycles. The highest BCUT2D eigenvalue weighted by molar-refractivity contribution is 6.07. The number of nitrogens with one attached hydrogen (secondary N) is 1. The average Bonchev–Trinajstić information content (AvgIpc) is 2.77. The van der Waals surface area contributed by atoms with Crippen molar-refractivity contribution >= 4 is 33.5 Å². The molecule has 3 heteroatoms. The van der Waals surface area contributed by atoms with Gasteiger partial charge in [-0.1, -0.05) is 24.8 Å².